The number of nitrogens with one attached hydrogen (secondary N) is 2. The monoisotopic (exact) mass is 354 g/mol. The molecule has 136 valence electrons. The van der Waals surface area contributed by atoms with Crippen molar-refractivity contribution in [3.05, 3.63) is 63.7 Å². The number of hydrogen-bond acceptors (Lipinski definition) is 5. The minimum Gasteiger partial charge on any atom is -0.383 e. The van der Waals surface area contributed by atoms with Gasteiger partial charge in [-0.25, -0.2) is 0 Å². The largest absolute Gasteiger partial charge is 0.383 e. The van der Waals surface area contributed by atoms with E-state index < -0.39 is 4.92 Å². The van der Waals surface area contributed by atoms with Crippen LogP contribution in [0.15, 0.2) is 42.5 Å². The highest BCUT2D eigenvalue weighted by Gasteiger charge is 2.25. The van der Waals surface area contributed by atoms with E-state index in [1.807, 2.05) is 6.07 Å². The molecule has 1 heterocycles. The van der Waals surface area contributed by atoms with Crippen LogP contribution in [0.1, 0.15) is 22.8 Å². The van der Waals surface area contributed by atoms with Gasteiger partial charge in [-0.1, -0.05) is 18.2 Å². The average molecular weight is 354 g/mol. The molecule has 0 aromatic heterocycles. The Balaban J connectivity index is 1.72. The zero-order chi connectivity index (χ0) is 18.7. The number of para-hydroxylation sites is 1. The van der Waals surface area contributed by atoms with E-state index in [4.69, 9.17) is 0 Å². The SMILES string of the molecule is CNC(=O)c1cc([N+](=O)[O-])ccc1NCCN1c2ccccc2CC1C. The molecule has 0 fully saturated rings. The van der Waals surface area contributed by atoms with Gasteiger partial charge in [0.15, 0.2) is 0 Å². The molecule has 26 heavy (non-hydrogen) atoms. The van der Waals surface area contributed by atoms with Crippen LogP contribution in [0.3, 0.4) is 0 Å². The lowest BCUT2D eigenvalue weighted by atomic mass is 10.1. The number of amides is 1. The lowest BCUT2D eigenvalue weighted by Gasteiger charge is -2.25. The Morgan fingerprint density at radius 2 is 2.08 bits per heavy atom. The number of rotatable bonds is 6. The molecular weight excluding hydrogens is 332 g/mol. The number of non-ortho nitro benzene ring substituents is 1. The number of fused-ring (bicyclic) bond motifs is 1. The van der Waals surface area contributed by atoms with Gasteiger partial charge in [0, 0.05) is 49.7 Å². The first-order chi connectivity index (χ1) is 12.5. The summed E-state index contributed by atoms with van der Waals surface area (Å²) in [5, 5.41) is 16.7. The second-order valence-corrected chi connectivity index (χ2v) is 6.37. The van der Waals surface area contributed by atoms with Gasteiger partial charge >= 0.3 is 0 Å². The summed E-state index contributed by atoms with van der Waals surface area (Å²) in [6.45, 7) is 3.60. The fraction of sp³-hybridized carbons (Fsp3) is 0.316. The third kappa shape index (κ3) is 3.46. The Labute approximate surface area is 152 Å². The number of carbonyl (C=O) groups excluding carboxylic acids is 1. The lowest BCUT2D eigenvalue weighted by molar-refractivity contribution is -0.384. The topological polar surface area (TPSA) is 87.5 Å². The number of carbonyl (C=O) groups is 1. The van der Waals surface area contributed by atoms with E-state index in [0.29, 0.717) is 18.3 Å². The van der Waals surface area contributed by atoms with Gasteiger partial charge in [0.25, 0.3) is 11.6 Å². The van der Waals surface area contributed by atoms with Gasteiger partial charge < -0.3 is 15.5 Å². The van der Waals surface area contributed by atoms with Crippen LogP contribution in [0.25, 0.3) is 0 Å². The van der Waals surface area contributed by atoms with E-state index in [0.717, 1.165) is 13.0 Å². The van der Waals surface area contributed by atoms with Crippen LogP contribution in [0.2, 0.25) is 0 Å². The van der Waals surface area contributed by atoms with Gasteiger partial charge in [-0.05, 0) is 31.0 Å². The summed E-state index contributed by atoms with van der Waals surface area (Å²) < 4.78 is 0. The molecule has 1 aliphatic rings. The summed E-state index contributed by atoms with van der Waals surface area (Å²) in [7, 11) is 1.51. The number of anilines is 2. The normalized spacial score (nSPS) is 15.5. The van der Waals surface area contributed by atoms with Crippen LogP contribution in [0.4, 0.5) is 17.1 Å². The van der Waals surface area contributed by atoms with Gasteiger partial charge in [-0.2, -0.15) is 0 Å². The minimum atomic E-state index is -0.501. The maximum absolute atomic E-state index is 12.1. The van der Waals surface area contributed by atoms with Crippen molar-refractivity contribution in [2.24, 2.45) is 0 Å². The van der Waals surface area contributed by atoms with Gasteiger partial charge in [-0.15, -0.1) is 0 Å². The lowest BCUT2D eigenvalue weighted by Crippen LogP contribution is -2.34. The highest BCUT2D eigenvalue weighted by Crippen LogP contribution is 2.31. The molecule has 1 atom stereocenters. The number of hydrogen-bond donors (Lipinski definition) is 2. The van der Waals surface area contributed by atoms with Crippen molar-refractivity contribution in [2.75, 3.05) is 30.4 Å². The molecule has 0 radical (unpaired) electrons. The smallest absolute Gasteiger partial charge is 0.270 e. The summed E-state index contributed by atoms with van der Waals surface area (Å²) in [5.74, 6) is -0.351. The van der Waals surface area contributed by atoms with E-state index in [2.05, 4.69) is 40.7 Å². The molecule has 0 bridgehead atoms. The van der Waals surface area contributed by atoms with Crippen LogP contribution in [-0.2, 0) is 6.42 Å². The molecule has 1 aliphatic heterocycles. The van der Waals surface area contributed by atoms with Crippen LogP contribution in [0.5, 0.6) is 0 Å². The van der Waals surface area contributed by atoms with E-state index in [1.165, 1.54) is 30.4 Å². The standard InChI is InChI=1S/C19H22N4O3/c1-13-11-14-5-3-4-6-18(14)22(13)10-9-21-17-8-7-15(23(25)26)12-16(17)19(24)20-2/h3-8,12-13,21H,9-11H2,1-2H3,(H,20,24). The molecule has 0 aliphatic carbocycles. The van der Waals surface area contributed by atoms with Crippen molar-refractivity contribution in [2.45, 2.75) is 19.4 Å². The molecule has 0 saturated heterocycles. The summed E-state index contributed by atoms with van der Waals surface area (Å²) in [5.41, 5.74) is 3.36. The van der Waals surface area contributed by atoms with Gasteiger partial charge in [0.2, 0.25) is 0 Å². The van der Waals surface area contributed by atoms with Crippen molar-refractivity contribution in [3.8, 4) is 0 Å². The molecule has 7 nitrogen and oxygen atoms in total. The Morgan fingerprint density at radius 1 is 1.31 bits per heavy atom. The highest BCUT2D eigenvalue weighted by atomic mass is 16.6. The first-order valence-corrected chi connectivity index (χ1v) is 8.60. The van der Waals surface area contributed by atoms with Gasteiger partial charge in [0.05, 0.1) is 10.5 Å². The van der Waals surface area contributed by atoms with Gasteiger partial charge in [0.1, 0.15) is 0 Å². The average Bonchev–Trinajstić information content (AvgIpc) is 2.96. The van der Waals surface area contributed by atoms with Crippen LogP contribution in [-0.4, -0.2) is 37.0 Å². The van der Waals surface area contributed by atoms with Crippen molar-refractivity contribution >= 4 is 23.0 Å². The molecule has 1 unspecified atom stereocenters. The van der Waals surface area contributed by atoms with Crippen molar-refractivity contribution < 1.29 is 9.72 Å². The first kappa shape index (κ1) is 17.7. The zero-order valence-electron chi connectivity index (χ0n) is 14.9. The quantitative estimate of drug-likeness (QED) is 0.615. The predicted molar refractivity (Wildman–Crippen MR) is 102 cm³/mol. The van der Waals surface area contributed by atoms with E-state index in [-0.39, 0.29) is 17.2 Å². The first-order valence-electron chi connectivity index (χ1n) is 8.60. The third-order valence-electron chi connectivity index (χ3n) is 4.70. The Morgan fingerprint density at radius 3 is 2.81 bits per heavy atom. The van der Waals surface area contributed by atoms with Crippen LogP contribution in [0, 0.1) is 10.1 Å². The predicted octanol–water partition coefficient (Wildman–Crippen LogP) is 2.82. The summed E-state index contributed by atoms with van der Waals surface area (Å²) in [6, 6.07) is 13.1. The molecule has 0 spiro atoms. The summed E-state index contributed by atoms with van der Waals surface area (Å²) >= 11 is 0. The molecule has 2 N–H and O–H groups in total. The van der Waals surface area contributed by atoms with E-state index in [1.54, 1.807) is 6.07 Å². The molecule has 1 amide bonds. The molecule has 0 saturated carbocycles. The fourth-order valence-corrected chi connectivity index (χ4v) is 3.40. The zero-order valence-corrected chi connectivity index (χ0v) is 14.9. The summed E-state index contributed by atoms with van der Waals surface area (Å²) in [4.78, 5) is 24.9. The number of nitro groups is 1. The fourth-order valence-electron chi connectivity index (χ4n) is 3.40. The van der Waals surface area contributed by atoms with E-state index >= 15 is 0 Å². The van der Waals surface area contributed by atoms with Crippen molar-refractivity contribution in [3.63, 3.8) is 0 Å². The molecule has 3 rings (SSSR count). The Bertz CT molecular complexity index is 837. The van der Waals surface area contributed by atoms with Crippen LogP contribution < -0.4 is 15.5 Å². The summed E-state index contributed by atoms with van der Waals surface area (Å²) in [6.07, 6.45) is 1.02. The number of nitro benzene ring substituents is 1. The Kier molecular flexibility index (Phi) is 5.06. The van der Waals surface area contributed by atoms with Crippen molar-refractivity contribution in [1.29, 1.82) is 0 Å². The highest BCUT2D eigenvalue weighted by molar-refractivity contribution is 6.00. The maximum Gasteiger partial charge on any atom is 0.270 e. The molecular formula is C19H22N4O3. The number of nitrogens with zero attached hydrogens (tertiary/aromatic N) is 2. The number of benzene rings is 2. The third-order valence-corrected chi connectivity index (χ3v) is 4.70. The minimum absolute atomic E-state index is 0.101. The maximum atomic E-state index is 12.1. The van der Waals surface area contributed by atoms with Crippen LogP contribution >= 0.6 is 0 Å². The molecule has 7 heteroatoms. The second-order valence-electron chi connectivity index (χ2n) is 6.37. The second kappa shape index (κ2) is 7.43. The van der Waals surface area contributed by atoms with Crippen molar-refractivity contribution in [1.82, 2.24) is 5.32 Å². The Hall–Kier alpha value is -3.09. The molecule has 2 aromatic rings. The van der Waals surface area contributed by atoms with Gasteiger partial charge in [-0.3, -0.25) is 14.9 Å². The molecule has 2 aromatic carbocycles. The van der Waals surface area contributed by atoms with E-state index in [9.17, 15) is 14.9 Å².